The van der Waals surface area contributed by atoms with Crippen molar-refractivity contribution in [3.05, 3.63) is 23.8 Å². The Kier molecular flexibility index (Phi) is 5.39. The molecule has 0 spiro atoms. The van der Waals surface area contributed by atoms with Gasteiger partial charge in [-0.15, -0.1) is 12.4 Å². The predicted octanol–water partition coefficient (Wildman–Crippen LogP) is 2.72. The van der Waals surface area contributed by atoms with Gasteiger partial charge in [-0.3, -0.25) is 4.79 Å². The molecule has 1 aromatic heterocycles. The van der Waals surface area contributed by atoms with E-state index >= 15 is 0 Å². The summed E-state index contributed by atoms with van der Waals surface area (Å²) in [5, 5.41) is 3.58. The summed E-state index contributed by atoms with van der Waals surface area (Å²) in [7, 11) is 0. The Morgan fingerprint density at radius 1 is 1.45 bits per heavy atom. The summed E-state index contributed by atoms with van der Waals surface area (Å²) < 4.78 is 6.42. The summed E-state index contributed by atoms with van der Waals surface area (Å²) in [6.45, 7) is 3.56. The van der Waals surface area contributed by atoms with Gasteiger partial charge in [0, 0.05) is 19.8 Å². The highest BCUT2D eigenvalue weighted by atomic mass is 35.5. The van der Waals surface area contributed by atoms with Crippen molar-refractivity contribution >= 4 is 45.0 Å². The smallest absolute Gasteiger partial charge is 0.233 e. The number of fused-ring (bicyclic) bond motifs is 1. The van der Waals surface area contributed by atoms with E-state index in [9.17, 15) is 4.79 Å². The molecule has 1 amide bonds. The molecule has 0 bridgehead atoms. The fourth-order valence-electron chi connectivity index (χ4n) is 2.60. The number of benzene rings is 1. The second-order valence-corrected chi connectivity index (χ2v) is 6.57. The molecule has 1 aliphatic rings. The van der Waals surface area contributed by atoms with Crippen LogP contribution in [0.4, 0.5) is 5.13 Å². The number of thiazole rings is 1. The summed E-state index contributed by atoms with van der Waals surface area (Å²) in [5.74, 6) is -0.0379. The summed E-state index contributed by atoms with van der Waals surface area (Å²) in [5.41, 5.74) is 7.43. The van der Waals surface area contributed by atoms with Crippen LogP contribution in [0.1, 0.15) is 18.4 Å². The average molecular weight is 342 g/mol. The number of halogens is 1. The summed E-state index contributed by atoms with van der Waals surface area (Å²) in [6.07, 6.45) is 1.33. The van der Waals surface area contributed by atoms with Crippen LogP contribution in [0.3, 0.4) is 0 Å². The monoisotopic (exact) mass is 341 g/mol. The lowest BCUT2D eigenvalue weighted by atomic mass is 9.79. The Hall–Kier alpha value is -1.21. The van der Waals surface area contributed by atoms with Gasteiger partial charge in [0.25, 0.3) is 0 Å². The third-order valence-electron chi connectivity index (χ3n) is 4.09. The number of aryl methyl sites for hydroxylation is 1. The Balaban J connectivity index is 0.00000176. The molecule has 120 valence electrons. The van der Waals surface area contributed by atoms with Crippen LogP contribution in [0.5, 0.6) is 0 Å². The van der Waals surface area contributed by atoms with E-state index in [1.807, 2.05) is 19.1 Å². The topological polar surface area (TPSA) is 77.2 Å². The van der Waals surface area contributed by atoms with Gasteiger partial charge in [-0.05, 0) is 37.5 Å². The molecule has 3 N–H and O–H groups in total. The lowest BCUT2D eigenvalue weighted by molar-refractivity contribution is -0.130. The van der Waals surface area contributed by atoms with Crippen LogP contribution in [-0.2, 0) is 9.53 Å². The van der Waals surface area contributed by atoms with E-state index in [0.717, 1.165) is 10.2 Å². The number of nitrogens with two attached hydrogens (primary N) is 1. The largest absolute Gasteiger partial charge is 0.381 e. The quantitative estimate of drug-likeness (QED) is 0.899. The molecule has 5 nitrogen and oxygen atoms in total. The van der Waals surface area contributed by atoms with Gasteiger partial charge in [0.05, 0.1) is 15.6 Å². The number of amides is 1. The lowest BCUT2D eigenvalue weighted by Crippen LogP contribution is -2.46. The van der Waals surface area contributed by atoms with Crippen LogP contribution in [0.15, 0.2) is 18.2 Å². The number of carbonyl (C=O) groups excluding carboxylic acids is 1. The number of hydrogen-bond donors (Lipinski definition) is 2. The third-order valence-corrected chi connectivity index (χ3v) is 5.02. The first-order valence-corrected chi connectivity index (χ1v) is 7.91. The van der Waals surface area contributed by atoms with Gasteiger partial charge >= 0.3 is 0 Å². The van der Waals surface area contributed by atoms with Gasteiger partial charge in [0.2, 0.25) is 5.91 Å². The van der Waals surface area contributed by atoms with Crippen LogP contribution in [0, 0.1) is 12.3 Å². The molecule has 0 radical (unpaired) electrons. The number of nitrogens with zero attached hydrogens (tertiary/aromatic N) is 1. The molecule has 22 heavy (non-hydrogen) atoms. The number of aromatic nitrogens is 1. The van der Waals surface area contributed by atoms with Crippen LogP contribution in [0.2, 0.25) is 0 Å². The second-order valence-electron chi connectivity index (χ2n) is 5.54. The van der Waals surface area contributed by atoms with Crippen molar-refractivity contribution in [2.45, 2.75) is 19.8 Å². The number of nitrogens with one attached hydrogen (secondary N) is 1. The van der Waals surface area contributed by atoms with Crippen LogP contribution >= 0.6 is 23.7 Å². The first kappa shape index (κ1) is 17.1. The standard InChI is InChI=1S/C15H19N3O2S.ClH/c1-10-2-3-11-12(8-10)21-14(17-11)18-13(19)15(9-16)4-6-20-7-5-15;/h2-3,8H,4-7,9,16H2,1H3,(H,17,18,19);1H. The highest BCUT2D eigenvalue weighted by Crippen LogP contribution is 2.33. The SMILES string of the molecule is Cc1ccc2nc(NC(=O)C3(CN)CCOCC3)sc2c1.Cl. The Bertz CT molecular complexity index is 668. The normalized spacial score (nSPS) is 17.0. The molecule has 1 fully saturated rings. The second kappa shape index (κ2) is 6.91. The van der Waals surface area contributed by atoms with E-state index in [1.54, 1.807) is 0 Å². The number of anilines is 1. The highest BCUT2D eigenvalue weighted by Gasteiger charge is 2.39. The molecule has 2 heterocycles. The van der Waals surface area contributed by atoms with E-state index in [0.29, 0.717) is 37.7 Å². The van der Waals surface area contributed by atoms with E-state index < -0.39 is 5.41 Å². The molecule has 1 aromatic carbocycles. The van der Waals surface area contributed by atoms with E-state index in [1.165, 1.54) is 16.9 Å². The van der Waals surface area contributed by atoms with Crippen molar-refractivity contribution in [1.82, 2.24) is 4.98 Å². The molecular weight excluding hydrogens is 322 g/mol. The number of ether oxygens (including phenoxy) is 1. The molecule has 0 saturated carbocycles. The molecule has 1 aliphatic heterocycles. The zero-order chi connectivity index (χ0) is 14.9. The minimum absolute atomic E-state index is 0. The van der Waals surface area contributed by atoms with Crippen molar-refractivity contribution in [1.29, 1.82) is 0 Å². The number of carbonyl (C=O) groups is 1. The predicted molar refractivity (Wildman–Crippen MR) is 91.8 cm³/mol. The zero-order valence-electron chi connectivity index (χ0n) is 12.4. The van der Waals surface area contributed by atoms with Crippen molar-refractivity contribution in [2.24, 2.45) is 11.1 Å². The van der Waals surface area contributed by atoms with Crippen molar-refractivity contribution in [3.8, 4) is 0 Å². The maximum Gasteiger partial charge on any atom is 0.233 e. The fraction of sp³-hybridized carbons (Fsp3) is 0.467. The van der Waals surface area contributed by atoms with Gasteiger partial charge in [-0.1, -0.05) is 17.4 Å². The molecule has 0 aliphatic carbocycles. The Morgan fingerprint density at radius 3 is 2.86 bits per heavy atom. The van der Waals surface area contributed by atoms with Gasteiger partial charge in [-0.25, -0.2) is 4.98 Å². The van der Waals surface area contributed by atoms with E-state index in [4.69, 9.17) is 10.5 Å². The zero-order valence-corrected chi connectivity index (χ0v) is 14.1. The first-order chi connectivity index (χ1) is 10.1. The van der Waals surface area contributed by atoms with Gasteiger partial charge in [0.1, 0.15) is 0 Å². The van der Waals surface area contributed by atoms with Gasteiger partial charge < -0.3 is 15.8 Å². The molecule has 1 saturated heterocycles. The molecule has 3 rings (SSSR count). The third kappa shape index (κ3) is 3.25. The molecule has 0 unspecified atom stereocenters. The van der Waals surface area contributed by atoms with Crippen LogP contribution < -0.4 is 11.1 Å². The maximum absolute atomic E-state index is 12.6. The average Bonchev–Trinajstić information content (AvgIpc) is 2.89. The van der Waals surface area contributed by atoms with Crippen molar-refractivity contribution in [2.75, 3.05) is 25.1 Å². The van der Waals surface area contributed by atoms with E-state index in [2.05, 4.69) is 16.4 Å². The van der Waals surface area contributed by atoms with Gasteiger partial charge in [0.15, 0.2) is 5.13 Å². The minimum Gasteiger partial charge on any atom is -0.381 e. The molecule has 0 atom stereocenters. The van der Waals surface area contributed by atoms with Crippen molar-refractivity contribution < 1.29 is 9.53 Å². The van der Waals surface area contributed by atoms with E-state index in [-0.39, 0.29) is 18.3 Å². The summed E-state index contributed by atoms with van der Waals surface area (Å²) in [4.78, 5) is 17.1. The van der Waals surface area contributed by atoms with Gasteiger partial charge in [-0.2, -0.15) is 0 Å². The lowest BCUT2D eigenvalue weighted by Gasteiger charge is -2.34. The maximum atomic E-state index is 12.6. The number of hydrogen-bond acceptors (Lipinski definition) is 5. The molecule has 2 aromatic rings. The van der Waals surface area contributed by atoms with Crippen LogP contribution in [-0.4, -0.2) is 30.6 Å². The van der Waals surface area contributed by atoms with Crippen LogP contribution in [0.25, 0.3) is 10.2 Å². The first-order valence-electron chi connectivity index (χ1n) is 7.09. The summed E-state index contributed by atoms with van der Waals surface area (Å²) >= 11 is 1.50. The molecular formula is C15H20ClN3O2S. The Labute approximate surface area is 139 Å². The minimum atomic E-state index is -0.522. The van der Waals surface area contributed by atoms with Crippen molar-refractivity contribution in [3.63, 3.8) is 0 Å². The number of rotatable bonds is 3. The Morgan fingerprint density at radius 2 is 2.18 bits per heavy atom. The summed E-state index contributed by atoms with van der Waals surface area (Å²) in [6, 6.07) is 6.08. The fourth-order valence-corrected chi connectivity index (χ4v) is 3.56. The molecule has 7 heteroatoms. The highest BCUT2D eigenvalue weighted by molar-refractivity contribution is 7.22.